The molecule has 3 rings (SSSR count). The van der Waals surface area contributed by atoms with E-state index in [0.29, 0.717) is 12.1 Å². The molecule has 2 aromatic rings. The third-order valence-corrected chi connectivity index (χ3v) is 3.42. The molecule has 0 fully saturated rings. The summed E-state index contributed by atoms with van der Waals surface area (Å²) >= 11 is 0. The van der Waals surface area contributed by atoms with Crippen LogP contribution in [0.2, 0.25) is 0 Å². The number of nitrogens with one attached hydrogen (secondary N) is 1. The number of fused-ring (bicyclic) bond motifs is 1. The van der Waals surface area contributed by atoms with Gasteiger partial charge in [-0.1, -0.05) is 6.07 Å². The molecule has 4 heteroatoms. The van der Waals surface area contributed by atoms with E-state index < -0.39 is 0 Å². The maximum atomic E-state index is 4.52. The Morgan fingerprint density at radius 1 is 1.39 bits per heavy atom. The highest BCUT2D eigenvalue weighted by Gasteiger charge is 2.23. The van der Waals surface area contributed by atoms with Crippen LogP contribution in [0.4, 0.5) is 5.82 Å². The summed E-state index contributed by atoms with van der Waals surface area (Å²) in [6, 6.07) is 6.90. The van der Waals surface area contributed by atoms with Gasteiger partial charge in [-0.2, -0.15) is 5.10 Å². The third-order valence-electron chi connectivity index (χ3n) is 3.42. The Morgan fingerprint density at radius 2 is 2.28 bits per heavy atom. The molecule has 4 nitrogen and oxygen atoms in total. The van der Waals surface area contributed by atoms with Gasteiger partial charge < -0.3 is 5.32 Å². The third kappa shape index (κ3) is 1.98. The second-order valence-electron chi connectivity index (χ2n) is 5.06. The van der Waals surface area contributed by atoms with Crippen molar-refractivity contribution in [2.75, 3.05) is 5.32 Å². The predicted molar refractivity (Wildman–Crippen MR) is 71.5 cm³/mol. The van der Waals surface area contributed by atoms with Crippen LogP contribution in [0.5, 0.6) is 0 Å². The van der Waals surface area contributed by atoms with Crippen molar-refractivity contribution in [2.24, 2.45) is 0 Å². The number of pyridine rings is 1. The zero-order valence-corrected chi connectivity index (χ0v) is 10.8. The summed E-state index contributed by atoms with van der Waals surface area (Å²) in [4.78, 5) is 4.48. The molecule has 1 aliphatic carbocycles. The van der Waals surface area contributed by atoms with E-state index in [9.17, 15) is 0 Å². The van der Waals surface area contributed by atoms with Crippen molar-refractivity contribution >= 4 is 5.82 Å². The average molecular weight is 242 g/mol. The minimum absolute atomic E-state index is 0.303. The summed E-state index contributed by atoms with van der Waals surface area (Å²) in [7, 11) is 0. The molecule has 0 saturated carbocycles. The van der Waals surface area contributed by atoms with Gasteiger partial charge in [0, 0.05) is 24.5 Å². The van der Waals surface area contributed by atoms with Crippen LogP contribution in [-0.2, 0) is 6.42 Å². The van der Waals surface area contributed by atoms with Gasteiger partial charge in [0.25, 0.3) is 0 Å². The monoisotopic (exact) mass is 242 g/mol. The highest BCUT2D eigenvalue weighted by Crippen LogP contribution is 2.31. The van der Waals surface area contributed by atoms with Crippen LogP contribution in [0.1, 0.15) is 43.6 Å². The first-order valence-electron chi connectivity index (χ1n) is 6.49. The summed E-state index contributed by atoms with van der Waals surface area (Å²) in [5, 5.41) is 8.00. The number of nitrogens with zero attached hydrogens (tertiary/aromatic N) is 3. The molecule has 0 aliphatic heterocycles. The molecule has 1 N–H and O–H groups in total. The van der Waals surface area contributed by atoms with Crippen molar-refractivity contribution in [2.45, 2.75) is 38.8 Å². The average Bonchev–Trinajstić information content (AvgIpc) is 2.98. The molecule has 0 saturated heterocycles. The SMILES string of the molecule is CC(C)n1ccc(NC2CCc3cccnc32)n1. The first kappa shape index (κ1) is 11.3. The first-order valence-corrected chi connectivity index (χ1v) is 6.49. The van der Waals surface area contributed by atoms with Crippen LogP contribution in [0.15, 0.2) is 30.6 Å². The molecule has 0 radical (unpaired) electrons. The fourth-order valence-corrected chi connectivity index (χ4v) is 2.43. The molecule has 0 bridgehead atoms. The summed E-state index contributed by atoms with van der Waals surface area (Å²) in [6.07, 6.45) is 6.08. The van der Waals surface area contributed by atoms with Crippen LogP contribution in [0.3, 0.4) is 0 Å². The van der Waals surface area contributed by atoms with Crippen LogP contribution < -0.4 is 5.32 Å². The molecular weight excluding hydrogens is 224 g/mol. The van der Waals surface area contributed by atoms with Gasteiger partial charge in [-0.3, -0.25) is 9.67 Å². The minimum atomic E-state index is 0.303. The highest BCUT2D eigenvalue weighted by atomic mass is 15.3. The second kappa shape index (κ2) is 4.44. The van der Waals surface area contributed by atoms with Crippen molar-refractivity contribution in [3.8, 4) is 0 Å². The summed E-state index contributed by atoms with van der Waals surface area (Å²) in [6.45, 7) is 4.26. The zero-order chi connectivity index (χ0) is 12.5. The summed E-state index contributed by atoms with van der Waals surface area (Å²) in [5.74, 6) is 0.937. The molecule has 94 valence electrons. The van der Waals surface area contributed by atoms with E-state index in [4.69, 9.17) is 0 Å². The van der Waals surface area contributed by atoms with Crippen molar-refractivity contribution in [3.63, 3.8) is 0 Å². The van der Waals surface area contributed by atoms with E-state index in [1.807, 2.05) is 29.2 Å². The van der Waals surface area contributed by atoms with Gasteiger partial charge in [-0.05, 0) is 38.3 Å². The molecule has 0 spiro atoms. The van der Waals surface area contributed by atoms with E-state index in [1.54, 1.807) is 0 Å². The van der Waals surface area contributed by atoms with Crippen LogP contribution in [-0.4, -0.2) is 14.8 Å². The number of aryl methyl sites for hydroxylation is 1. The van der Waals surface area contributed by atoms with Crippen molar-refractivity contribution in [3.05, 3.63) is 41.9 Å². The van der Waals surface area contributed by atoms with Crippen LogP contribution in [0.25, 0.3) is 0 Å². The maximum absolute atomic E-state index is 4.52. The van der Waals surface area contributed by atoms with E-state index >= 15 is 0 Å². The summed E-state index contributed by atoms with van der Waals surface area (Å²) in [5.41, 5.74) is 2.54. The molecule has 2 heterocycles. The van der Waals surface area contributed by atoms with Gasteiger partial charge in [-0.15, -0.1) is 0 Å². The van der Waals surface area contributed by atoms with Gasteiger partial charge in [0.15, 0.2) is 0 Å². The molecule has 18 heavy (non-hydrogen) atoms. The summed E-state index contributed by atoms with van der Waals surface area (Å²) < 4.78 is 1.97. The zero-order valence-electron chi connectivity index (χ0n) is 10.8. The predicted octanol–water partition coefficient (Wildman–Crippen LogP) is 2.96. The Labute approximate surface area is 107 Å². The van der Waals surface area contributed by atoms with Gasteiger partial charge in [-0.25, -0.2) is 0 Å². The quantitative estimate of drug-likeness (QED) is 0.899. The second-order valence-corrected chi connectivity index (χ2v) is 5.06. The van der Waals surface area contributed by atoms with Crippen molar-refractivity contribution in [1.82, 2.24) is 14.8 Å². The van der Waals surface area contributed by atoms with Crippen LogP contribution in [0, 0.1) is 0 Å². The van der Waals surface area contributed by atoms with E-state index in [0.717, 1.165) is 18.7 Å². The normalized spacial score (nSPS) is 18.1. The molecule has 1 unspecified atom stereocenters. The van der Waals surface area contributed by atoms with Crippen molar-refractivity contribution < 1.29 is 0 Å². The molecule has 1 aliphatic rings. The standard InChI is InChI=1S/C14H18N4/c1-10(2)18-9-7-13(17-18)16-12-6-5-11-4-3-8-15-14(11)12/h3-4,7-10,12H,5-6H2,1-2H3,(H,16,17). The minimum Gasteiger partial charge on any atom is -0.360 e. The Morgan fingerprint density at radius 3 is 3.06 bits per heavy atom. The Balaban J connectivity index is 1.78. The van der Waals surface area contributed by atoms with Gasteiger partial charge >= 0.3 is 0 Å². The fourth-order valence-electron chi connectivity index (χ4n) is 2.43. The molecule has 0 amide bonds. The topological polar surface area (TPSA) is 42.7 Å². The van der Waals surface area contributed by atoms with E-state index in [-0.39, 0.29) is 0 Å². The van der Waals surface area contributed by atoms with E-state index in [2.05, 4.69) is 35.3 Å². The largest absolute Gasteiger partial charge is 0.360 e. The maximum Gasteiger partial charge on any atom is 0.148 e. The van der Waals surface area contributed by atoms with Crippen molar-refractivity contribution in [1.29, 1.82) is 0 Å². The number of hydrogen-bond donors (Lipinski definition) is 1. The fraction of sp³-hybridized carbons (Fsp3) is 0.429. The molecular formula is C14H18N4. The van der Waals surface area contributed by atoms with Gasteiger partial charge in [0.2, 0.25) is 0 Å². The molecule has 0 aromatic carbocycles. The van der Waals surface area contributed by atoms with Gasteiger partial charge in [0.05, 0.1) is 11.7 Å². The highest BCUT2D eigenvalue weighted by molar-refractivity contribution is 5.40. The number of hydrogen-bond acceptors (Lipinski definition) is 3. The lowest BCUT2D eigenvalue weighted by Crippen LogP contribution is -2.10. The lowest BCUT2D eigenvalue weighted by molar-refractivity contribution is 0.532. The first-order chi connectivity index (χ1) is 8.74. The number of rotatable bonds is 3. The van der Waals surface area contributed by atoms with E-state index in [1.165, 1.54) is 11.3 Å². The Kier molecular flexibility index (Phi) is 2.78. The van der Waals surface area contributed by atoms with Gasteiger partial charge in [0.1, 0.15) is 5.82 Å². The van der Waals surface area contributed by atoms with Crippen LogP contribution >= 0.6 is 0 Å². The molecule has 1 atom stereocenters. The number of aromatic nitrogens is 3. The Bertz CT molecular complexity index is 544. The Hall–Kier alpha value is -1.84. The lowest BCUT2D eigenvalue weighted by atomic mass is 10.2. The number of anilines is 1. The smallest absolute Gasteiger partial charge is 0.148 e. The molecule has 2 aromatic heterocycles. The lowest BCUT2D eigenvalue weighted by Gasteiger charge is -2.12.